The summed E-state index contributed by atoms with van der Waals surface area (Å²) < 4.78 is 38.5. The number of amides is 1. The van der Waals surface area contributed by atoms with E-state index in [1.807, 2.05) is 0 Å². The maximum absolute atomic E-state index is 12.1. The maximum atomic E-state index is 12.1. The fraction of sp³-hybridized carbons (Fsp3) is 0.176. The number of anilines is 1. The molecular formula is C17H14ClF2NO5. The van der Waals surface area contributed by atoms with E-state index in [0.717, 1.165) is 6.08 Å². The molecule has 0 spiro atoms. The first-order valence-corrected chi connectivity index (χ1v) is 7.67. The number of hydrogen-bond donors (Lipinski definition) is 1. The second-order valence-corrected chi connectivity index (χ2v) is 5.37. The molecule has 0 radical (unpaired) electrons. The number of alkyl halides is 2. The lowest BCUT2D eigenvalue weighted by molar-refractivity contribution is -0.142. The lowest BCUT2D eigenvalue weighted by Crippen LogP contribution is -2.20. The number of hydrogen-bond acceptors (Lipinski definition) is 5. The number of benzene rings is 1. The highest BCUT2D eigenvalue weighted by atomic mass is 35.5. The van der Waals surface area contributed by atoms with Crippen LogP contribution in [0.1, 0.15) is 11.5 Å². The normalized spacial score (nSPS) is 11.0. The molecule has 0 saturated carbocycles. The van der Waals surface area contributed by atoms with Crippen molar-refractivity contribution in [2.45, 2.75) is 13.5 Å². The Bertz CT molecular complexity index is 819. The van der Waals surface area contributed by atoms with Gasteiger partial charge in [-0.25, -0.2) is 4.79 Å². The molecule has 0 aliphatic rings. The second kappa shape index (κ2) is 9.00. The van der Waals surface area contributed by atoms with E-state index in [9.17, 15) is 18.4 Å². The largest absolute Gasteiger partial charge is 0.462 e. The lowest BCUT2D eigenvalue weighted by atomic mass is 10.3. The van der Waals surface area contributed by atoms with Crippen LogP contribution in [0.5, 0.6) is 5.75 Å². The van der Waals surface area contributed by atoms with Crippen molar-refractivity contribution >= 4 is 35.2 Å². The summed E-state index contributed by atoms with van der Waals surface area (Å²) in [4.78, 5) is 23.3. The van der Waals surface area contributed by atoms with Crippen LogP contribution in [0.4, 0.5) is 14.5 Å². The predicted molar refractivity (Wildman–Crippen MR) is 90.2 cm³/mol. The Morgan fingerprint density at radius 3 is 2.69 bits per heavy atom. The van der Waals surface area contributed by atoms with Crippen LogP contribution >= 0.6 is 11.6 Å². The molecule has 1 aromatic carbocycles. The van der Waals surface area contributed by atoms with Gasteiger partial charge in [0.15, 0.2) is 6.61 Å². The van der Waals surface area contributed by atoms with Crippen molar-refractivity contribution in [1.29, 1.82) is 0 Å². The topological polar surface area (TPSA) is 77.8 Å². The molecule has 2 aromatic rings. The highest BCUT2D eigenvalue weighted by Crippen LogP contribution is 2.28. The minimum Gasteiger partial charge on any atom is -0.462 e. The first kappa shape index (κ1) is 19.5. The third kappa shape index (κ3) is 6.21. The molecule has 0 saturated heterocycles. The van der Waals surface area contributed by atoms with Crippen LogP contribution < -0.4 is 10.1 Å². The van der Waals surface area contributed by atoms with Crippen LogP contribution in [0.2, 0.25) is 5.02 Å². The van der Waals surface area contributed by atoms with E-state index in [4.69, 9.17) is 20.8 Å². The maximum Gasteiger partial charge on any atom is 0.387 e. The minimum absolute atomic E-state index is 0.100. The summed E-state index contributed by atoms with van der Waals surface area (Å²) in [6, 6.07) is 7.16. The summed E-state index contributed by atoms with van der Waals surface area (Å²) >= 11 is 5.77. The van der Waals surface area contributed by atoms with Crippen molar-refractivity contribution in [3.8, 4) is 5.75 Å². The van der Waals surface area contributed by atoms with Crippen LogP contribution in [0, 0.1) is 6.92 Å². The summed E-state index contributed by atoms with van der Waals surface area (Å²) in [7, 11) is 0. The molecule has 0 aliphatic heterocycles. The smallest absolute Gasteiger partial charge is 0.387 e. The molecule has 1 heterocycles. The molecule has 0 bridgehead atoms. The second-order valence-electron chi connectivity index (χ2n) is 4.96. The van der Waals surface area contributed by atoms with Gasteiger partial charge in [-0.3, -0.25) is 4.79 Å². The molecule has 0 unspecified atom stereocenters. The van der Waals surface area contributed by atoms with E-state index < -0.39 is 25.1 Å². The standard InChI is InChI=1S/C17H14ClF2NO5/c1-10-2-4-12(25-10)5-7-16(23)24-9-15(22)21-11-3-6-14(13(18)8-11)26-17(19)20/h2-8,17H,9H2,1H3,(H,21,22)/b7-5+. The summed E-state index contributed by atoms with van der Waals surface area (Å²) in [5.41, 5.74) is 0.235. The average Bonchev–Trinajstić information content (AvgIpc) is 2.99. The van der Waals surface area contributed by atoms with Crippen LogP contribution in [0.25, 0.3) is 6.08 Å². The lowest BCUT2D eigenvalue weighted by Gasteiger charge is -2.09. The number of carbonyl (C=O) groups excluding carboxylic acids is 2. The Balaban J connectivity index is 1.82. The fourth-order valence-electron chi connectivity index (χ4n) is 1.85. The summed E-state index contributed by atoms with van der Waals surface area (Å²) in [6.07, 6.45) is 2.54. The Morgan fingerprint density at radius 1 is 1.31 bits per heavy atom. The number of furan rings is 1. The van der Waals surface area contributed by atoms with E-state index in [1.54, 1.807) is 19.1 Å². The van der Waals surface area contributed by atoms with Gasteiger partial charge in [0.1, 0.15) is 17.3 Å². The highest BCUT2D eigenvalue weighted by molar-refractivity contribution is 6.32. The fourth-order valence-corrected chi connectivity index (χ4v) is 2.07. The number of nitrogens with one attached hydrogen (secondary N) is 1. The number of esters is 1. The number of carbonyl (C=O) groups is 2. The van der Waals surface area contributed by atoms with Crippen LogP contribution in [0.15, 0.2) is 40.8 Å². The van der Waals surface area contributed by atoms with Gasteiger partial charge in [0.05, 0.1) is 5.02 Å². The van der Waals surface area contributed by atoms with Gasteiger partial charge >= 0.3 is 12.6 Å². The molecule has 26 heavy (non-hydrogen) atoms. The first-order valence-electron chi connectivity index (χ1n) is 7.29. The quantitative estimate of drug-likeness (QED) is 0.575. The molecule has 1 aromatic heterocycles. The van der Waals surface area contributed by atoms with E-state index in [1.165, 1.54) is 24.3 Å². The SMILES string of the molecule is Cc1ccc(/C=C/C(=O)OCC(=O)Nc2ccc(OC(F)F)c(Cl)c2)o1. The van der Waals surface area contributed by atoms with Crippen molar-refractivity contribution in [2.24, 2.45) is 0 Å². The Labute approximate surface area is 152 Å². The zero-order valence-corrected chi connectivity index (χ0v) is 14.3. The number of ether oxygens (including phenoxy) is 2. The van der Waals surface area contributed by atoms with Gasteiger partial charge in [-0.05, 0) is 43.3 Å². The van der Waals surface area contributed by atoms with Gasteiger partial charge < -0.3 is 19.2 Å². The predicted octanol–water partition coefficient (Wildman–Crippen LogP) is 4.04. The Morgan fingerprint density at radius 2 is 2.08 bits per heavy atom. The van der Waals surface area contributed by atoms with Crippen LogP contribution in [-0.4, -0.2) is 25.1 Å². The summed E-state index contributed by atoms with van der Waals surface area (Å²) in [5, 5.41) is 2.31. The molecular weight excluding hydrogens is 372 g/mol. The molecule has 0 atom stereocenters. The molecule has 138 valence electrons. The summed E-state index contributed by atoms with van der Waals surface area (Å²) in [6.45, 7) is -1.78. The van der Waals surface area contributed by atoms with Gasteiger partial charge in [-0.1, -0.05) is 11.6 Å². The molecule has 0 fully saturated rings. The van der Waals surface area contributed by atoms with E-state index in [0.29, 0.717) is 11.5 Å². The van der Waals surface area contributed by atoms with Gasteiger partial charge in [-0.15, -0.1) is 0 Å². The number of rotatable bonds is 7. The Kier molecular flexibility index (Phi) is 6.74. The van der Waals surface area contributed by atoms with Gasteiger partial charge in [-0.2, -0.15) is 8.78 Å². The van der Waals surface area contributed by atoms with E-state index >= 15 is 0 Å². The zero-order valence-electron chi connectivity index (χ0n) is 13.5. The third-order valence-corrected chi connectivity index (χ3v) is 3.22. The van der Waals surface area contributed by atoms with Gasteiger partial charge in [0.25, 0.3) is 5.91 Å². The molecule has 6 nitrogen and oxygen atoms in total. The van der Waals surface area contributed by atoms with Crippen molar-refractivity contribution in [2.75, 3.05) is 11.9 Å². The van der Waals surface area contributed by atoms with Crippen LogP contribution in [0.3, 0.4) is 0 Å². The van der Waals surface area contributed by atoms with E-state index in [2.05, 4.69) is 10.1 Å². The average molecular weight is 386 g/mol. The third-order valence-electron chi connectivity index (χ3n) is 2.92. The molecule has 2 rings (SSSR count). The van der Waals surface area contributed by atoms with Gasteiger partial charge in [0, 0.05) is 11.8 Å². The van der Waals surface area contributed by atoms with E-state index in [-0.39, 0.29) is 16.5 Å². The highest BCUT2D eigenvalue weighted by Gasteiger charge is 2.11. The number of halogens is 3. The number of aryl methyl sites for hydroxylation is 1. The molecule has 9 heteroatoms. The molecule has 0 aliphatic carbocycles. The monoisotopic (exact) mass is 385 g/mol. The first-order chi connectivity index (χ1) is 12.3. The van der Waals surface area contributed by atoms with Crippen LogP contribution in [-0.2, 0) is 14.3 Å². The van der Waals surface area contributed by atoms with Crippen molar-refractivity contribution in [3.63, 3.8) is 0 Å². The molecule has 1 amide bonds. The Hall–Kier alpha value is -2.87. The van der Waals surface area contributed by atoms with Crippen molar-refractivity contribution < 1.29 is 32.3 Å². The van der Waals surface area contributed by atoms with Crippen molar-refractivity contribution in [3.05, 3.63) is 53.0 Å². The minimum atomic E-state index is -3.01. The zero-order chi connectivity index (χ0) is 19.1. The van der Waals surface area contributed by atoms with Crippen molar-refractivity contribution in [1.82, 2.24) is 0 Å². The van der Waals surface area contributed by atoms with Gasteiger partial charge in [0.2, 0.25) is 0 Å². The molecule has 1 N–H and O–H groups in total. The summed E-state index contributed by atoms with van der Waals surface area (Å²) in [5.74, 6) is -0.401.